The highest BCUT2D eigenvalue weighted by atomic mass is 79.9. The lowest BCUT2D eigenvalue weighted by molar-refractivity contribution is -0.132. The molecule has 1 aliphatic rings. The summed E-state index contributed by atoms with van der Waals surface area (Å²) in [6.45, 7) is 2.79. The maximum atomic E-state index is 11.8. The highest BCUT2D eigenvalue weighted by Gasteiger charge is 2.18. The highest BCUT2D eigenvalue weighted by Crippen LogP contribution is 2.23. The van der Waals surface area contributed by atoms with Crippen LogP contribution in [0.3, 0.4) is 0 Å². The molecule has 1 amide bonds. The van der Waals surface area contributed by atoms with Crippen molar-refractivity contribution in [3.8, 4) is 0 Å². The van der Waals surface area contributed by atoms with Crippen LogP contribution in [0.15, 0.2) is 28.9 Å². The molecule has 18 heavy (non-hydrogen) atoms. The predicted octanol–water partition coefficient (Wildman–Crippen LogP) is 1.86. The number of H-pyrrole nitrogens is 1. The molecule has 1 saturated heterocycles. The molecule has 0 aliphatic carbocycles. The molecule has 5 heteroatoms. The SMILES string of the molecule is O=C1CNCCN1Cc1c[nH]c2cc(Br)ccc12. The van der Waals surface area contributed by atoms with Gasteiger partial charge in [-0.3, -0.25) is 4.79 Å². The molecule has 2 heterocycles. The molecule has 0 bridgehead atoms. The number of amides is 1. The number of hydrogen-bond donors (Lipinski definition) is 2. The van der Waals surface area contributed by atoms with E-state index in [4.69, 9.17) is 0 Å². The van der Waals surface area contributed by atoms with E-state index in [1.807, 2.05) is 17.2 Å². The fourth-order valence-electron chi connectivity index (χ4n) is 2.31. The van der Waals surface area contributed by atoms with Gasteiger partial charge in [0.25, 0.3) is 0 Å². The number of nitrogens with one attached hydrogen (secondary N) is 2. The van der Waals surface area contributed by atoms with Crippen LogP contribution in [0.5, 0.6) is 0 Å². The van der Waals surface area contributed by atoms with E-state index in [0.717, 1.165) is 23.1 Å². The smallest absolute Gasteiger partial charge is 0.236 e. The zero-order valence-corrected chi connectivity index (χ0v) is 11.5. The van der Waals surface area contributed by atoms with Gasteiger partial charge in [0.2, 0.25) is 5.91 Å². The zero-order valence-electron chi connectivity index (χ0n) is 9.87. The first-order chi connectivity index (χ1) is 8.74. The average molecular weight is 308 g/mol. The molecule has 4 nitrogen and oxygen atoms in total. The Morgan fingerprint density at radius 2 is 2.28 bits per heavy atom. The minimum Gasteiger partial charge on any atom is -0.361 e. The van der Waals surface area contributed by atoms with E-state index >= 15 is 0 Å². The van der Waals surface area contributed by atoms with Crippen LogP contribution in [0.25, 0.3) is 10.9 Å². The summed E-state index contributed by atoms with van der Waals surface area (Å²) in [5.41, 5.74) is 2.27. The van der Waals surface area contributed by atoms with Crippen molar-refractivity contribution in [2.45, 2.75) is 6.54 Å². The van der Waals surface area contributed by atoms with Crippen LogP contribution in [0.2, 0.25) is 0 Å². The standard InChI is InChI=1S/C13H14BrN3O/c14-10-1-2-11-9(6-16-12(11)5-10)8-17-4-3-15-7-13(17)18/h1-2,5-6,15-16H,3-4,7-8H2. The molecule has 2 N–H and O–H groups in total. The maximum absolute atomic E-state index is 11.8. The molecule has 1 aromatic heterocycles. The fraction of sp³-hybridized carbons (Fsp3) is 0.308. The van der Waals surface area contributed by atoms with Crippen LogP contribution in [-0.2, 0) is 11.3 Å². The number of aromatic amines is 1. The molecule has 1 aromatic carbocycles. The Morgan fingerprint density at radius 1 is 1.39 bits per heavy atom. The van der Waals surface area contributed by atoms with Gasteiger partial charge >= 0.3 is 0 Å². The Hall–Kier alpha value is -1.33. The number of hydrogen-bond acceptors (Lipinski definition) is 2. The van der Waals surface area contributed by atoms with Crippen LogP contribution in [0.1, 0.15) is 5.56 Å². The van der Waals surface area contributed by atoms with Crippen LogP contribution < -0.4 is 5.32 Å². The minimum absolute atomic E-state index is 0.174. The van der Waals surface area contributed by atoms with Gasteiger partial charge in [0, 0.05) is 41.2 Å². The van der Waals surface area contributed by atoms with E-state index in [-0.39, 0.29) is 5.91 Å². The monoisotopic (exact) mass is 307 g/mol. The fourth-order valence-corrected chi connectivity index (χ4v) is 2.67. The first kappa shape index (κ1) is 11.7. The zero-order chi connectivity index (χ0) is 12.5. The van der Waals surface area contributed by atoms with Crippen molar-refractivity contribution in [2.24, 2.45) is 0 Å². The lowest BCUT2D eigenvalue weighted by atomic mass is 10.1. The largest absolute Gasteiger partial charge is 0.361 e. The number of halogens is 1. The van der Waals surface area contributed by atoms with Crippen molar-refractivity contribution < 1.29 is 4.79 Å². The van der Waals surface area contributed by atoms with Gasteiger partial charge in [-0.15, -0.1) is 0 Å². The molecule has 1 fully saturated rings. The van der Waals surface area contributed by atoms with Gasteiger partial charge in [-0.2, -0.15) is 0 Å². The Balaban J connectivity index is 1.88. The van der Waals surface area contributed by atoms with Gasteiger partial charge in [-0.25, -0.2) is 0 Å². The quantitative estimate of drug-likeness (QED) is 0.890. The summed E-state index contributed by atoms with van der Waals surface area (Å²) < 4.78 is 1.06. The minimum atomic E-state index is 0.174. The summed E-state index contributed by atoms with van der Waals surface area (Å²) >= 11 is 3.46. The van der Waals surface area contributed by atoms with E-state index in [1.54, 1.807) is 0 Å². The lowest BCUT2D eigenvalue weighted by Crippen LogP contribution is -2.47. The number of aromatic nitrogens is 1. The molecule has 94 valence electrons. The second-order valence-corrected chi connectivity index (χ2v) is 5.41. The van der Waals surface area contributed by atoms with Crippen LogP contribution in [0, 0.1) is 0 Å². The van der Waals surface area contributed by atoms with E-state index in [0.29, 0.717) is 13.1 Å². The van der Waals surface area contributed by atoms with Crippen molar-refractivity contribution >= 4 is 32.7 Å². The number of rotatable bonds is 2. The number of piperazine rings is 1. The summed E-state index contributed by atoms with van der Waals surface area (Å²) in [5.74, 6) is 0.174. The lowest BCUT2D eigenvalue weighted by Gasteiger charge is -2.27. The van der Waals surface area contributed by atoms with Crippen LogP contribution in [-0.4, -0.2) is 35.4 Å². The first-order valence-electron chi connectivity index (χ1n) is 5.98. The van der Waals surface area contributed by atoms with Crippen LogP contribution >= 0.6 is 15.9 Å². The normalized spacial score (nSPS) is 16.5. The Kier molecular flexibility index (Phi) is 3.09. The second-order valence-electron chi connectivity index (χ2n) is 4.50. The number of nitrogens with zero attached hydrogens (tertiary/aromatic N) is 1. The maximum Gasteiger partial charge on any atom is 0.236 e. The van der Waals surface area contributed by atoms with E-state index in [9.17, 15) is 4.79 Å². The Bertz CT molecular complexity index is 593. The Morgan fingerprint density at radius 3 is 3.11 bits per heavy atom. The van der Waals surface area contributed by atoms with Crippen molar-refractivity contribution in [3.63, 3.8) is 0 Å². The summed E-state index contributed by atoms with van der Waals surface area (Å²) in [4.78, 5) is 16.9. The van der Waals surface area contributed by atoms with Crippen molar-refractivity contribution in [1.29, 1.82) is 0 Å². The molecule has 0 atom stereocenters. The van der Waals surface area contributed by atoms with Gasteiger partial charge in [0.1, 0.15) is 0 Å². The molecule has 0 unspecified atom stereocenters. The van der Waals surface area contributed by atoms with Gasteiger partial charge in [-0.05, 0) is 17.7 Å². The van der Waals surface area contributed by atoms with Gasteiger partial charge in [0.15, 0.2) is 0 Å². The predicted molar refractivity (Wildman–Crippen MR) is 74.3 cm³/mol. The molecular formula is C13H14BrN3O. The van der Waals surface area contributed by atoms with Crippen molar-refractivity contribution in [1.82, 2.24) is 15.2 Å². The average Bonchev–Trinajstić information content (AvgIpc) is 2.74. The van der Waals surface area contributed by atoms with Crippen LogP contribution in [0.4, 0.5) is 0 Å². The van der Waals surface area contributed by atoms with Crippen molar-refractivity contribution in [3.05, 3.63) is 34.4 Å². The number of benzene rings is 1. The van der Waals surface area contributed by atoms with Gasteiger partial charge in [-0.1, -0.05) is 22.0 Å². The number of carbonyl (C=O) groups is 1. The summed E-state index contributed by atoms with van der Waals surface area (Å²) in [6.07, 6.45) is 1.99. The topological polar surface area (TPSA) is 48.1 Å². The van der Waals surface area contributed by atoms with Gasteiger partial charge in [0.05, 0.1) is 6.54 Å². The number of fused-ring (bicyclic) bond motifs is 1. The summed E-state index contributed by atoms with van der Waals surface area (Å²) in [7, 11) is 0. The van der Waals surface area contributed by atoms with E-state index < -0.39 is 0 Å². The molecule has 3 rings (SSSR count). The third kappa shape index (κ3) is 2.15. The van der Waals surface area contributed by atoms with Gasteiger partial charge < -0.3 is 15.2 Å². The Labute approximate surface area is 113 Å². The molecule has 0 radical (unpaired) electrons. The molecule has 1 aliphatic heterocycles. The highest BCUT2D eigenvalue weighted by molar-refractivity contribution is 9.10. The van der Waals surface area contributed by atoms with E-state index in [2.05, 4.69) is 38.4 Å². The third-order valence-electron chi connectivity index (χ3n) is 3.28. The van der Waals surface area contributed by atoms with Crippen molar-refractivity contribution in [2.75, 3.05) is 19.6 Å². The molecule has 0 saturated carbocycles. The first-order valence-corrected chi connectivity index (χ1v) is 6.77. The third-order valence-corrected chi connectivity index (χ3v) is 3.77. The molecule has 2 aromatic rings. The summed E-state index contributed by atoms with van der Waals surface area (Å²) in [6, 6.07) is 6.16. The second kappa shape index (κ2) is 4.74. The summed E-state index contributed by atoms with van der Waals surface area (Å²) in [5, 5.41) is 4.27. The molecule has 0 spiro atoms. The number of carbonyl (C=O) groups excluding carboxylic acids is 1. The molecular weight excluding hydrogens is 294 g/mol. The van der Waals surface area contributed by atoms with E-state index in [1.165, 1.54) is 10.9 Å².